The zero-order chi connectivity index (χ0) is 11.8. The number of nitrogens with zero attached hydrogens (tertiary/aromatic N) is 3. The maximum atomic E-state index is 5.84. The van der Waals surface area contributed by atoms with E-state index in [1.165, 1.54) is 38.0 Å². The monoisotopic (exact) mass is 251 g/mol. The van der Waals surface area contributed by atoms with Gasteiger partial charge < -0.3 is 4.90 Å². The Bertz CT molecular complexity index is 392. The standard InChI is InChI=1S/C13H18ClN3/c1-16-6-7-17-11(9-16)3-4-12(17)10-2-5-13(14)15-8-10/h2,5,8,11-12H,3-4,6-7,9H2,1H3. The van der Waals surface area contributed by atoms with E-state index in [1.807, 2.05) is 12.3 Å². The van der Waals surface area contributed by atoms with Crippen LogP contribution in [0.4, 0.5) is 0 Å². The van der Waals surface area contributed by atoms with Crippen molar-refractivity contribution in [3.8, 4) is 0 Å². The maximum Gasteiger partial charge on any atom is 0.129 e. The lowest BCUT2D eigenvalue weighted by Gasteiger charge is -2.38. The lowest BCUT2D eigenvalue weighted by Crippen LogP contribution is -2.49. The van der Waals surface area contributed by atoms with E-state index >= 15 is 0 Å². The molecule has 2 saturated heterocycles. The van der Waals surface area contributed by atoms with E-state index in [1.54, 1.807) is 0 Å². The van der Waals surface area contributed by atoms with Crippen molar-refractivity contribution in [2.75, 3.05) is 26.7 Å². The molecule has 0 radical (unpaired) electrons. The van der Waals surface area contributed by atoms with Gasteiger partial charge in [-0.25, -0.2) is 4.98 Å². The van der Waals surface area contributed by atoms with Gasteiger partial charge in [0.05, 0.1) is 0 Å². The quantitative estimate of drug-likeness (QED) is 0.714. The zero-order valence-electron chi connectivity index (χ0n) is 10.1. The largest absolute Gasteiger partial charge is 0.304 e. The Balaban J connectivity index is 1.79. The summed E-state index contributed by atoms with van der Waals surface area (Å²) in [5.41, 5.74) is 1.32. The van der Waals surface area contributed by atoms with Crippen LogP contribution in [0.5, 0.6) is 0 Å². The Labute approximate surface area is 107 Å². The molecule has 2 aliphatic heterocycles. The molecule has 3 heterocycles. The second kappa shape index (κ2) is 4.56. The van der Waals surface area contributed by atoms with Crippen LogP contribution in [0.15, 0.2) is 18.3 Å². The molecule has 0 bridgehead atoms. The third-order valence-electron chi connectivity index (χ3n) is 4.04. The zero-order valence-corrected chi connectivity index (χ0v) is 10.9. The van der Waals surface area contributed by atoms with Crippen molar-refractivity contribution in [1.29, 1.82) is 0 Å². The summed E-state index contributed by atoms with van der Waals surface area (Å²) in [6.07, 6.45) is 4.49. The summed E-state index contributed by atoms with van der Waals surface area (Å²) in [6.45, 7) is 3.56. The normalized spacial score (nSPS) is 30.5. The van der Waals surface area contributed by atoms with Gasteiger partial charge in [-0.1, -0.05) is 17.7 Å². The van der Waals surface area contributed by atoms with Gasteiger partial charge >= 0.3 is 0 Å². The van der Waals surface area contributed by atoms with Gasteiger partial charge in [0.15, 0.2) is 0 Å². The van der Waals surface area contributed by atoms with Crippen molar-refractivity contribution >= 4 is 11.6 Å². The van der Waals surface area contributed by atoms with Crippen LogP contribution in [0.25, 0.3) is 0 Å². The predicted molar refractivity (Wildman–Crippen MR) is 69.2 cm³/mol. The van der Waals surface area contributed by atoms with Gasteiger partial charge in [0.1, 0.15) is 5.15 Å². The highest BCUT2D eigenvalue weighted by Gasteiger charge is 2.37. The number of fused-ring (bicyclic) bond motifs is 1. The molecule has 17 heavy (non-hydrogen) atoms. The second-order valence-corrected chi connectivity index (χ2v) is 5.55. The van der Waals surface area contributed by atoms with E-state index in [4.69, 9.17) is 11.6 Å². The summed E-state index contributed by atoms with van der Waals surface area (Å²) in [5, 5.41) is 0.585. The fraction of sp³-hybridized carbons (Fsp3) is 0.615. The van der Waals surface area contributed by atoms with Crippen molar-refractivity contribution in [3.05, 3.63) is 29.0 Å². The first-order chi connectivity index (χ1) is 8.24. The van der Waals surface area contributed by atoms with Crippen molar-refractivity contribution in [2.24, 2.45) is 0 Å². The average Bonchev–Trinajstić information content (AvgIpc) is 2.73. The van der Waals surface area contributed by atoms with E-state index in [2.05, 4.69) is 27.9 Å². The van der Waals surface area contributed by atoms with Gasteiger partial charge in [-0.2, -0.15) is 0 Å². The topological polar surface area (TPSA) is 19.4 Å². The molecule has 0 saturated carbocycles. The maximum absolute atomic E-state index is 5.84. The Kier molecular flexibility index (Phi) is 3.07. The van der Waals surface area contributed by atoms with Gasteiger partial charge in [-0.3, -0.25) is 4.90 Å². The van der Waals surface area contributed by atoms with Crippen LogP contribution in [0.3, 0.4) is 0 Å². The lowest BCUT2D eigenvalue weighted by atomic mass is 10.1. The molecule has 0 amide bonds. The molecule has 4 heteroatoms. The highest BCUT2D eigenvalue weighted by atomic mass is 35.5. The molecule has 1 aromatic heterocycles. The Hall–Kier alpha value is -0.640. The number of rotatable bonds is 1. The molecule has 2 unspecified atom stereocenters. The molecule has 2 aliphatic rings. The van der Waals surface area contributed by atoms with E-state index in [0.29, 0.717) is 11.2 Å². The molecule has 0 N–H and O–H groups in total. The van der Waals surface area contributed by atoms with Gasteiger partial charge in [-0.05, 0) is 31.5 Å². The van der Waals surface area contributed by atoms with Crippen LogP contribution < -0.4 is 0 Å². The third-order valence-corrected chi connectivity index (χ3v) is 4.26. The molecule has 0 spiro atoms. The minimum atomic E-state index is 0.554. The molecule has 1 aromatic rings. The summed E-state index contributed by atoms with van der Waals surface area (Å²) >= 11 is 5.84. The van der Waals surface area contributed by atoms with Gasteiger partial charge in [0.2, 0.25) is 0 Å². The molecular weight excluding hydrogens is 234 g/mol. The summed E-state index contributed by atoms with van der Waals surface area (Å²) in [6, 6.07) is 5.31. The van der Waals surface area contributed by atoms with Crippen molar-refractivity contribution in [1.82, 2.24) is 14.8 Å². The van der Waals surface area contributed by atoms with Crippen molar-refractivity contribution in [2.45, 2.75) is 24.9 Å². The molecule has 2 fully saturated rings. The van der Waals surface area contributed by atoms with Crippen LogP contribution in [0.1, 0.15) is 24.4 Å². The number of likely N-dealkylation sites (N-methyl/N-ethyl adjacent to an activating group) is 1. The second-order valence-electron chi connectivity index (χ2n) is 5.16. The van der Waals surface area contributed by atoms with Gasteiger partial charge in [0.25, 0.3) is 0 Å². The molecule has 3 rings (SSSR count). The number of hydrogen-bond acceptors (Lipinski definition) is 3. The van der Waals surface area contributed by atoms with Crippen LogP contribution in [0, 0.1) is 0 Å². The third kappa shape index (κ3) is 2.19. The lowest BCUT2D eigenvalue weighted by molar-refractivity contribution is 0.0936. The van der Waals surface area contributed by atoms with Crippen LogP contribution in [-0.4, -0.2) is 47.5 Å². The van der Waals surface area contributed by atoms with Crippen LogP contribution in [0.2, 0.25) is 5.15 Å². The SMILES string of the molecule is CN1CCN2C(CCC2c2ccc(Cl)nc2)C1. The van der Waals surface area contributed by atoms with Gasteiger partial charge in [0, 0.05) is 37.9 Å². The molecule has 3 nitrogen and oxygen atoms in total. The van der Waals surface area contributed by atoms with Crippen LogP contribution in [-0.2, 0) is 0 Å². The Morgan fingerprint density at radius 2 is 2.18 bits per heavy atom. The van der Waals surface area contributed by atoms with Crippen LogP contribution >= 0.6 is 11.6 Å². The van der Waals surface area contributed by atoms with E-state index in [9.17, 15) is 0 Å². The minimum Gasteiger partial charge on any atom is -0.304 e. The molecule has 92 valence electrons. The number of pyridine rings is 1. The Morgan fingerprint density at radius 3 is 2.94 bits per heavy atom. The number of piperazine rings is 1. The molecule has 0 aliphatic carbocycles. The summed E-state index contributed by atoms with van der Waals surface area (Å²) < 4.78 is 0. The van der Waals surface area contributed by atoms with E-state index in [-0.39, 0.29) is 0 Å². The highest BCUT2D eigenvalue weighted by molar-refractivity contribution is 6.29. The fourth-order valence-corrected chi connectivity index (χ4v) is 3.26. The highest BCUT2D eigenvalue weighted by Crippen LogP contribution is 2.37. The minimum absolute atomic E-state index is 0.554. The molecule has 2 atom stereocenters. The first kappa shape index (κ1) is 11.5. The van der Waals surface area contributed by atoms with Gasteiger partial charge in [-0.15, -0.1) is 0 Å². The average molecular weight is 252 g/mol. The first-order valence-electron chi connectivity index (χ1n) is 6.30. The number of hydrogen-bond donors (Lipinski definition) is 0. The van der Waals surface area contributed by atoms with E-state index in [0.717, 1.165) is 6.04 Å². The summed E-state index contributed by atoms with van der Waals surface area (Å²) in [5.74, 6) is 0. The molecular formula is C13H18ClN3. The first-order valence-corrected chi connectivity index (χ1v) is 6.67. The fourth-order valence-electron chi connectivity index (χ4n) is 3.15. The van der Waals surface area contributed by atoms with E-state index < -0.39 is 0 Å². The number of aromatic nitrogens is 1. The smallest absolute Gasteiger partial charge is 0.129 e. The Morgan fingerprint density at radius 1 is 1.29 bits per heavy atom. The summed E-state index contributed by atoms with van der Waals surface area (Å²) in [4.78, 5) is 9.28. The van der Waals surface area contributed by atoms with Crippen molar-refractivity contribution in [3.63, 3.8) is 0 Å². The number of halogens is 1. The predicted octanol–water partition coefficient (Wildman–Crippen LogP) is 2.19. The molecule has 0 aromatic carbocycles. The summed E-state index contributed by atoms with van der Waals surface area (Å²) in [7, 11) is 2.22. The van der Waals surface area contributed by atoms with Crippen molar-refractivity contribution < 1.29 is 0 Å².